The average Bonchev–Trinajstić information content (AvgIpc) is 2.65. The molecule has 0 aliphatic heterocycles. The van der Waals surface area contributed by atoms with Crippen LogP contribution in [-0.2, 0) is 0 Å². The number of benzene rings is 1. The quantitative estimate of drug-likeness (QED) is 0.169. The van der Waals surface area contributed by atoms with Crippen molar-refractivity contribution < 1.29 is 9.85 Å². The highest BCUT2D eigenvalue weighted by molar-refractivity contribution is 5.67. The van der Waals surface area contributed by atoms with Gasteiger partial charge in [-0.25, -0.2) is 0 Å². The average molecular weight is 378 g/mol. The van der Waals surface area contributed by atoms with Crippen molar-refractivity contribution in [3.05, 3.63) is 38.4 Å². The van der Waals surface area contributed by atoms with Gasteiger partial charge in [0.25, 0.3) is 5.69 Å². The van der Waals surface area contributed by atoms with Gasteiger partial charge >= 0.3 is 5.69 Å². The molecule has 1 aromatic rings. The molecule has 0 atom stereocenters. The molecule has 1 N–H and O–H groups in total. The number of nitrogens with one attached hydrogen (secondary N) is 1. The van der Waals surface area contributed by atoms with Crippen LogP contribution in [0.3, 0.4) is 0 Å². The van der Waals surface area contributed by atoms with Crippen molar-refractivity contribution in [2.75, 3.05) is 5.43 Å². The summed E-state index contributed by atoms with van der Waals surface area (Å²) in [5.41, 5.74) is 2.07. The first kappa shape index (κ1) is 22.5. The highest BCUT2D eigenvalue weighted by atomic mass is 16.6. The molecule has 0 spiro atoms. The van der Waals surface area contributed by atoms with Crippen LogP contribution in [0.15, 0.2) is 23.3 Å². The highest BCUT2D eigenvalue weighted by Crippen LogP contribution is 2.28. The number of anilines is 1. The van der Waals surface area contributed by atoms with E-state index in [-0.39, 0.29) is 17.1 Å². The number of hydrazone groups is 1. The van der Waals surface area contributed by atoms with E-state index < -0.39 is 9.85 Å². The summed E-state index contributed by atoms with van der Waals surface area (Å²) < 4.78 is 0. The standard InChI is InChI=1S/C19H30N4O4/c1-2-3-4-5-6-7-8-9-10-11-12-15-20-21-18-14-13-17(22(24)25)16-19(18)23(26)27/h13-16,21H,2-12H2,1H3/b20-15+. The Morgan fingerprint density at radius 3 is 2.07 bits per heavy atom. The fourth-order valence-electron chi connectivity index (χ4n) is 2.78. The molecular formula is C19H30N4O4. The molecule has 1 rings (SSSR count). The Balaban J connectivity index is 2.20. The van der Waals surface area contributed by atoms with Gasteiger partial charge in [0.05, 0.1) is 15.9 Å². The Morgan fingerprint density at radius 1 is 0.926 bits per heavy atom. The van der Waals surface area contributed by atoms with Crippen molar-refractivity contribution >= 4 is 23.3 Å². The molecule has 0 bridgehead atoms. The van der Waals surface area contributed by atoms with E-state index in [1.165, 1.54) is 63.5 Å². The Bertz CT molecular complexity index is 620. The molecule has 0 saturated carbocycles. The zero-order valence-electron chi connectivity index (χ0n) is 16.1. The third kappa shape index (κ3) is 9.67. The molecule has 8 nitrogen and oxygen atoms in total. The van der Waals surface area contributed by atoms with E-state index in [1.807, 2.05) is 0 Å². The SMILES string of the molecule is CCCCCCCCCCCC/C=N/Nc1ccc([N+](=O)[O-])cc1[N+](=O)[O-]. The summed E-state index contributed by atoms with van der Waals surface area (Å²) in [6, 6.07) is 3.45. The van der Waals surface area contributed by atoms with Crippen LogP contribution in [0.25, 0.3) is 0 Å². The van der Waals surface area contributed by atoms with Gasteiger partial charge in [0.1, 0.15) is 5.69 Å². The van der Waals surface area contributed by atoms with Crippen LogP contribution in [0, 0.1) is 20.2 Å². The topological polar surface area (TPSA) is 111 Å². The fourth-order valence-corrected chi connectivity index (χ4v) is 2.78. The smallest absolute Gasteiger partial charge is 0.272 e. The summed E-state index contributed by atoms with van der Waals surface area (Å²) in [4.78, 5) is 20.4. The monoisotopic (exact) mass is 378 g/mol. The van der Waals surface area contributed by atoms with Gasteiger partial charge in [-0.05, 0) is 18.9 Å². The molecule has 0 aromatic heterocycles. The number of nitro benzene ring substituents is 2. The maximum atomic E-state index is 11.0. The minimum absolute atomic E-state index is 0.143. The van der Waals surface area contributed by atoms with Crippen LogP contribution >= 0.6 is 0 Å². The molecule has 0 heterocycles. The Hall–Kier alpha value is -2.51. The van der Waals surface area contributed by atoms with Gasteiger partial charge in [0, 0.05) is 12.3 Å². The second-order valence-electron chi connectivity index (χ2n) is 6.61. The first-order valence-electron chi connectivity index (χ1n) is 9.76. The zero-order chi connectivity index (χ0) is 19.9. The minimum atomic E-state index is -0.661. The van der Waals surface area contributed by atoms with Gasteiger partial charge < -0.3 is 0 Å². The maximum absolute atomic E-state index is 11.0. The normalized spacial score (nSPS) is 11.0. The summed E-state index contributed by atoms with van der Waals surface area (Å²) in [6.45, 7) is 2.23. The van der Waals surface area contributed by atoms with E-state index >= 15 is 0 Å². The van der Waals surface area contributed by atoms with E-state index in [1.54, 1.807) is 6.21 Å². The Morgan fingerprint density at radius 2 is 1.52 bits per heavy atom. The lowest BCUT2D eigenvalue weighted by atomic mass is 10.1. The first-order valence-corrected chi connectivity index (χ1v) is 9.76. The second-order valence-corrected chi connectivity index (χ2v) is 6.61. The summed E-state index contributed by atoms with van der Waals surface area (Å²) in [6.07, 6.45) is 15.1. The lowest BCUT2D eigenvalue weighted by Crippen LogP contribution is -1.98. The molecule has 0 fully saturated rings. The maximum Gasteiger partial charge on any atom is 0.301 e. The van der Waals surface area contributed by atoms with Gasteiger partial charge in [-0.2, -0.15) is 5.10 Å². The molecule has 8 heteroatoms. The summed E-state index contributed by atoms with van der Waals surface area (Å²) in [7, 11) is 0. The predicted octanol–water partition coefficient (Wildman–Crippen LogP) is 6.21. The summed E-state index contributed by atoms with van der Waals surface area (Å²) in [5, 5.41) is 25.7. The van der Waals surface area contributed by atoms with Crippen LogP contribution in [-0.4, -0.2) is 16.1 Å². The number of hydrogen-bond donors (Lipinski definition) is 1. The second kappa shape index (κ2) is 13.7. The number of nitro groups is 2. The zero-order valence-corrected chi connectivity index (χ0v) is 16.1. The van der Waals surface area contributed by atoms with E-state index in [0.29, 0.717) is 0 Å². The lowest BCUT2D eigenvalue weighted by Gasteiger charge is -2.02. The number of nitrogens with zero attached hydrogens (tertiary/aromatic N) is 3. The highest BCUT2D eigenvalue weighted by Gasteiger charge is 2.18. The molecule has 0 saturated heterocycles. The van der Waals surface area contributed by atoms with Gasteiger partial charge in [0.15, 0.2) is 0 Å². The molecule has 0 amide bonds. The van der Waals surface area contributed by atoms with Crippen molar-refractivity contribution in [2.24, 2.45) is 5.10 Å². The lowest BCUT2D eigenvalue weighted by molar-refractivity contribution is -0.393. The van der Waals surface area contributed by atoms with Gasteiger partial charge in [-0.1, -0.05) is 64.7 Å². The summed E-state index contributed by atoms with van der Waals surface area (Å²) in [5.74, 6) is 0. The van der Waals surface area contributed by atoms with Crippen molar-refractivity contribution in [3.8, 4) is 0 Å². The van der Waals surface area contributed by atoms with Crippen LogP contribution in [0.1, 0.15) is 77.6 Å². The van der Waals surface area contributed by atoms with E-state index in [0.717, 1.165) is 25.3 Å². The molecule has 27 heavy (non-hydrogen) atoms. The third-order valence-electron chi connectivity index (χ3n) is 4.35. The molecule has 0 radical (unpaired) electrons. The van der Waals surface area contributed by atoms with Crippen LogP contribution in [0.2, 0.25) is 0 Å². The third-order valence-corrected chi connectivity index (χ3v) is 4.35. The molecular weight excluding hydrogens is 348 g/mol. The number of non-ortho nitro benzene ring substituents is 1. The molecule has 0 aliphatic rings. The van der Waals surface area contributed by atoms with Gasteiger partial charge in [0.2, 0.25) is 0 Å². The number of hydrogen-bond acceptors (Lipinski definition) is 6. The predicted molar refractivity (Wildman–Crippen MR) is 108 cm³/mol. The van der Waals surface area contributed by atoms with Crippen molar-refractivity contribution in [3.63, 3.8) is 0 Å². The van der Waals surface area contributed by atoms with Gasteiger partial charge in [-0.3, -0.25) is 25.7 Å². The Kier molecular flexibility index (Phi) is 11.4. The van der Waals surface area contributed by atoms with E-state index in [4.69, 9.17) is 0 Å². The molecule has 0 unspecified atom stereocenters. The molecule has 150 valence electrons. The van der Waals surface area contributed by atoms with E-state index in [9.17, 15) is 20.2 Å². The van der Waals surface area contributed by atoms with Gasteiger partial charge in [-0.15, -0.1) is 0 Å². The summed E-state index contributed by atoms with van der Waals surface area (Å²) >= 11 is 0. The van der Waals surface area contributed by atoms with Crippen molar-refractivity contribution in [1.29, 1.82) is 0 Å². The van der Waals surface area contributed by atoms with Crippen LogP contribution in [0.5, 0.6) is 0 Å². The number of rotatable bonds is 15. The van der Waals surface area contributed by atoms with Crippen molar-refractivity contribution in [2.45, 2.75) is 77.6 Å². The van der Waals surface area contributed by atoms with E-state index in [2.05, 4.69) is 17.5 Å². The van der Waals surface area contributed by atoms with Crippen LogP contribution in [0.4, 0.5) is 17.1 Å². The Labute approximate surface area is 160 Å². The molecule has 0 aliphatic carbocycles. The largest absolute Gasteiger partial charge is 0.301 e. The fraction of sp³-hybridized carbons (Fsp3) is 0.632. The van der Waals surface area contributed by atoms with Crippen molar-refractivity contribution in [1.82, 2.24) is 0 Å². The molecule has 1 aromatic carbocycles. The van der Waals surface area contributed by atoms with Crippen LogP contribution < -0.4 is 5.43 Å². The number of unbranched alkanes of at least 4 members (excludes halogenated alkanes) is 10. The first-order chi connectivity index (χ1) is 13.1. The minimum Gasteiger partial charge on any atom is -0.272 e.